The van der Waals surface area contributed by atoms with Crippen LogP contribution in [0.2, 0.25) is 0 Å². The second-order valence-corrected chi connectivity index (χ2v) is 8.20. The molecule has 176 valence electrons. The summed E-state index contributed by atoms with van der Waals surface area (Å²) in [5.41, 5.74) is 6.19. The van der Waals surface area contributed by atoms with Gasteiger partial charge in [-0.15, -0.1) is 0 Å². The highest BCUT2D eigenvalue weighted by Gasteiger charge is 2.15. The average molecular weight is 450 g/mol. The standard InChI is InChI=1S/C28H35NO4/c1-20-9-10-23(21-11-14-25(30-3)15-12-21)18-24(20)19-29(2)17-7-8-22-13-16-26(31-4)28(33-6)27(22)32-5/h9-16,18H,7-8,17,19H2,1-6H3. The summed E-state index contributed by atoms with van der Waals surface area (Å²) >= 11 is 0. The van der Waals surface area contributed by atoms with Crippen molar-refractivity contribution in [2.45, 2.75) is 26.3 Å². The van der Waals surface area contributed by atoms with Crippen molar-refractivity contribution >= 4 is 0 Å². The third kappa shape index (κ3) is 5.99. The smallest absolute Gasteiger partial charge is 0.203 e. The fourth-order valence-electron chi connectivity index (χ4n) is 4.07. The van der Waals surface area contributed by atoms with Crippen LogP contribution in [0.3, 0.4) is 0 Å². The van der Waals surface area contributed by atoms with Crippen LogP contribution in [0, 0.1) is 6.92 Å². The third-order valence-electron chi connectivity index (χ3n) is 5.98. The lowest BCUT2D eigenvalue weighted by atomic mass is 9.99. The molecule has 0 amide bonds. The van der Waals surface area contributed by atoms with Crippen LogP contribution in [0.15, 0.2) is 54.6 Å². The van der Waals surface area contributed by atoms with Crippen molar-refractivity contribution < 1.29 is 18.9 Å². The largest absolute Gasteiger partial charge is 0.497 e. The van der Waals surface area contributed by atoms with Gasteiger partial charge in [0.2, 0.25) is 5.75 Å². The van der Waals surface area contributed by atoms with Crippen molar-refractivity contribution in [1.29, 1.82) is 0 Å². The molecule has 0 unspecified atom stereocenters. The summed E-state index contributed by atoms with van der Waals surface area (Å²) in [5, 5.41) is 0. The fourth-order valence-corrected chi connectivity index (χ4v) is 4.07. The Bertz CT molecular complexity index is 1050. The number of rotatable bonds is 11. The molecule has 0 aliphatic heterocycles. The van der Waals surface area contributed by atoms with Crippen LogP contribution >= 0.6 is 0 Å². The molecule has 0 radical (unpaired) electrons. The predicted octanol–water partition coefficient (Wildman–Crippen LogP) is 5.76. The van der Waals surface area contributed by atoms with Gasteiger partial charge in [0.05, 0.1) is 28.4 Å². The molecule has 5 heteroatoms. The van der Waals surface area contributed by atoms with Crippen LogP contribution in [-0.2, 0) is 13.0 Å². The van der Waals surface area contributed by atoms with Crippen LogP contribution < -0.4 is 18.9 Å². The van der Waals surface area contributed by atoms with Crippen molar-refractivity contribution in [1.82, 2.24) is 4.90 Å². The number of ether oxygens (including phenoxy) is 4. The molecule has 0 aromatic heterocycles. The first kappa shape index (κ1) is 24.5. The average Bonchev–Trinajstić information content (AvgIpc) is 2.84. The van der Waals surface area contributed by atoms with E-state index in [2.05, 4.69) is 55.3 Å². The SMILES string of the molecule is COc1ccc(-c2ccc(C)c(CN(C)CCCc3ccc(OC)c(OC)c3OC)c2)cc1. The molecular formula is C28H35NO4. The molecule has 3 aromatic carbocycles. The molecule has 0 aliphatic carbocycles. The molecule has 3 aromatic rings. The van der Waals surface area contributed by atoms with Crippen molar-refractivity contribution in [2.24, 2.45) is 0 Å². The van der Waals surface area contributed by atoms with Crippen molar-refractivity contribution in [3.8, 4) is 34.1 Å². The first-order valence-corrected chi connectivity index (χ1v) is 11.2. The van der Waals surface area contributed by atoms with Crippen molar-refractivity contribution in [3.05, 3.63) is 71.3 Å². The van der Waals surface area contributed by atoms with Crippen molar-refractivity contribution in [2.75, 3.05) is 42.0 Å². The van der Waals surface area contributed by atoms with Crippen molar-refractivity contribution in [3.63, 3.8) is 0 Å². The number of hydrogen-bond donors (Lipinski definition) is 0. The lowest BCUT2D eigenvalue weighted by molar-refractivity contribution is 0.314. The van der Waals surface area contributed by atoms with E-state index >= 15 is 0 Å². The van der Waals surface area contributed by atoms with E-state index in [1.165, 1.54) is 22.3 Å². The van der Waals surface area contributed by atoms with E-state index in [1.54, 1.807) is 28.4 Å². The van der Waals surface area contributed by atoms with E-state index in [0.717, 1.165) is 43.0 Å². The van der Waals surface area contributed by atoms with E-state index in [1.807, 2.05) is 18.2 Å². The highest BCUT2D eigenvalue weighted by atomic mass is 16.5. The Labute approximate surface area is 197 Å². The molecule has 0 fully saturated rings. The maximum atomic E-state index is 5.62. The minimum atomic E-state index is 0.650. The second kappa shape index (κ2) is 11.6. The topological polar surface area (TPSA) is 40.2 Å². The molecule has 5 nitrogen and oxygen atoms in total. The van der Waals surface area contributed by atoms with Crippen LogP contribution in [0.1, 0.15) is 23.1 Å². The molecule has 0 heterocycles. The number of nitrogens with zero attached hydrogens (tertiary/aromatic N) is 1. The van der Waals surface area contributed by atoms with Gasteiger partial charge >= 0.3 is 0 Å². The van der Waals surface area contributed by atoms with E-state index in [-0.39, 0.29) is 0 Å². The van der Waals surface area contributed by atoms with E-state index in [9.17, 15) is 0 Å². The molecule has 33 heavy (non-hydrogen) atoms. The molecule has 0 spiro atoms. The zero-order valence-electron chi connectivity index (χ0n) is 20.6. The minimum absolute atomic E-state index is 0.650. The van der Waals surface area contributed by atoms with Gasteiger partial charge in [0.15, 0.2) is 11.5 Å². The quantitative estimate of drug-likeness (QED) is 0.372. The minimum Gasteiger partial charge on any atom is -0.497 e. The third-order valence-corrected chi connectivity index (χ3v) is 5.98. The molecule has 0 bridgehead atoms. The summed E-state index contributed by atoms with van der Waals surface area (Å²) in [6, 6.07) is 18.9. The summed E-state index contributed by atoms with van der Waals surface area (Å²) in [6.45, 7) is 4.05. The zero-order valence-corrected chi connectivity index (χ0v) is 20.6. The summed E-state index contributed by atoms with van der Waals surface area (Å²) in [5.74, 6) is 2.96. The Kier molecular flexibility index (Phi) is 8.61. The number of methoxy groups -OCH3 is 4. The molecule has 0 saturated carbocycles. The van der Waals surface area contributed by atoms with Crippen LogP contribution in [0.25, 0.3) is 11.1 Å². The maximum absolute atomic E-state index is 5.62. The zero-order chi connectivity index (χ0) is 23.8. The summed E-state index contributed by atoms with van der Waals surface area (Å²) in [4.78, 5) is 2.37. The van der Waals surface area contributed by atoms with Gasteiger partial charge in [-0.25, -0.2) is 0 Å². The van der Waals surface area contributed by atoms with Crippen LogP contribution in [0.4, 0.5) is 0 Å². The van der Waals surface area contributed by atoms with E-state index in [0.29, 0.717) is 11.5 Å². The second-order valence-electron chi connectivity index (χ2n) is 8.20. The Morgan fingerprint density at radius 2 is 1.39 bits per heavy atom. The molecule has 0 aliphatic rings. The number of benzene rings is 3. The summed E-state index contributed by atoms with van der Waals surface area (Å²) in [6.07, 6.45) is 1.91. The maximum Gasteiger partial charge on any atom is 0.203 e. The van der Waals surface area contributed by atoms with Gasteiger partial charge in [-0.1, -0.05) is 30.3 Å². The highest BCUT2D eigenvalue weighted by molar-refractivity contribution is 5.65. The van der Waals surface area contributed by atoms with E-state index < -0.39 is 0 Å². The Morgan fingerprint density at radius 3 is 2.03 bits per heavy atom. The Hall–Kier alpha value is -3.18. The van der Waals surface area contributed by atoms with Gasteiger partial charge in [-0.2, -0.15) is 0 Å². The fraction of sp³-hybridized carbons (Fsp3) is 0.357. The van der Waals surface area contributed by atoms with Gasteiger partial charge in [-0.05, 0) is 85.4 Å². The van der Waals surface area contributed by atoms with Gasteiger partial charge in [0, 0.05) is 6.54 Å². The van der Waals surface area contributed by atoms with Gasteiger partial charge < -0.3 is 23.8 Å². The Balaban J connectivity index is 1.64. The first-order valence-electron chi connectivity index (χ1n) is 11.2. The Morgan fingerprint density at radius 1 is 0.697 bits per heavy atom. The van der Waals surface area contributed by atoms with Crippen LogP contribution in [0.5, 0.6) is 23.0 Å². The first-order chi connectivity index (χ1) is 16.0. The molecule has 3 rings (SSSR count). The highest BCUT2D eigenvalue weighted by Crippen LogP contribution is 2.40. The lowest BCUT2D eigenvalue weighted by Gasteiger charge is -2.20. The molecule has 0 atom stereocenters. The van der Waals surface area contributed by atoms with Gasteiger partial charge in [0.1, 0.15) is 5.75 Å². The molecule has 0 saturated heterocycles. The predicted molar refractivity (Wildman–Crippen MR) is 134 cm³/mol. The monoisotopic (exact) mass is 449 g/mol. The molecular weight excluding hydrogens is 414 g/mol. The molecule has 0 N–H and O–H groups in total. The van der Waals surface area contributed by atoms with Gasteiger partial charge in [0.25, 0.3) is 0 Å². The summed E-state index contributed by atoms with van der Waals surface area (Å²) < 4.78 is 21.8. The normalized spacial score (nSPS) is 10.9. The number of aryl methyl sites for hydroxylation is 2. The number of hydrogen-bond acceptors (Lipinski definition) is 5. The van der Waals surface area contributed by atoms with Crippen LogP contribution in [-0.4, -0.2) is 46.9 Å². The summed E-state index contributed by atoms with van der Waals surface area (Å²) in [7, 11) is 8.81. The van der Waals surface area contributed by atoms with E-state index in [4.69, 9.17) is 18.9 Å². The van der Waals surface area contributed by atoms with Gasteiger partial charge in [-0.3, -0.25) is 0 Å². The lowest BCUT2D eigenvalue weighted by Crippen LogP contribution is -2.20.